The first-order valence-corrected chi connectivity index (χ1v) is 11.1. The van der Waals surface area contributed by atoms with Crippen molar-refractivity contribution in [3.05, 3.63) is 102 Å². The van der Waals surface area contributed by atoms with E-state index in [2.05, 4.69) is 15.1 Å². The summed E-state index contributed by atoms with van der Waals surface area (Å²) in [6.45, 7) is 4.30. The Kier molecular flexibility index (Phi) is 7.85. The van der Waals surface area contributed by atoms with E-state index in [1.54, 1.807) is 25.3 Å². The summed E-state index contributed by atoms with van der Waals surface area (Å²) in [5.74, 6) is 1.41. The number of carbonyl (C=O) groups excluding carboxylic acids is 1. The predicted molar refractivity (Wildman–Crippen MR) is 130 cm³/mol. The number of oxazole rings is 1. The normalized spacial score (nSPS) is 11.2. The molecular formula is C27H25N3O5. The lowest BCUT2D eigenvalue weighted by Crippen LogP contribution is -2.19. The van der Waals surface area contributed by atoms with Gasteiger partial charge in [-0.2, -0.15) is 0 Å². The molecule has 4 aromatic rings. The van der Waals surface area contributed by atoms with Crippen molar-refractivity contribution < 1.29 is 23.5 Å². The van der Waals surface area contributed by atoms with Crippen LogP contribution in [0.4, 0.5) is 0 Å². The quantitative estimate of drug-likeness (QED) is 0.180. The molecule has 0 atom stereocenters. The molecule has 0 N–H and O–H groups in total. The fraction of sp³-hybridized carbons (Fsp3) is 0.185. The summed E-state index contributed by atoms with van der Waals surface area (Å²) in [5.41, 5.74) is 3.11. The molecule has 8 heteroatoms. The van der Waals surface area contributed by atoms with E-state index in [4.69, 9.17) is 18.7 Å². The van der Waals surface area contributed by atoms with Crippen LogP contribution in [0.25, 0.3) is 11.5 Å². The zero-order valence-electron chi connectivity index (χ0n) is 19.5. The second-order valence-electron chi connectivity index (χ2n) is 7.50. The average molecular weight is 472 g/mol. The lowest BCUT2D eigenvalue weighted by atomic mass is 10.2. The first kappa shape index (κ1) is 23.7. The van der Waals surface area contributed by atoms with Gasteiger partial charge in [-0.1, -0.05) is 35.5 Å². The van der Waals surface area contributed by atoms with Crippen LogP contribution in [-0.2, 0) is 27.6 Å². The van der Waals surface area contributed by atoms with Crippen molar-refractivity contribution in [2.75, 3.05) is 6.61 Å². The van der Waals surface area contributed by atoms with Crippen molar-refractivity contribution in [3.8, 4) is 17.2 Å². The van der Waals surface area contributed by atoms with Gasteiger partial charge in [0.25, 0.3) is 0 Å². The van der Waals surface area contributed by atoms with Crippen LogP contribution in [0.5, 0.6) is 5.75 Å². The van der Waals surface area contributed by atoms with Gasteiger partial charge in [-0.05, 0) is 55.8 Å². The number of benzene rings is 2. The van der Waals surface area contributed by atoms with Crippen LogP contribution in [0.15, 0.2) is 88.7 Å². The molecule has 0 aliphatic heterocycles. The second-order valence-corrected chi connectivity index (χ2v) is 7.50. The van der Waals surface area contributed by atoms with Crippen LogP contribution in [0, 0.1) is 6.92 Å². The molecule has 0 aliphatic rings. The lowest BCUT2D eigenvalue weighted by molar-refractivity contribution is -0.135. The van der Waals surface area contributed by atoms with Crippen LogP contribution in [0.3, 0.4) is 0 Å². The molecule has 0 radical (unpaired) electrons. The van der Waals surface area contributed by atoms with Gasteiger partial charge in [0.05, 0.1) is 6.61 Å². The number of aromatic nitrogens is 2. The first-order chi connectivity index (χ1) is 17.1. The molecule has 35 heavy (non-hydrogen) atoms. The minimum Gasteiger partial charge on any atom is -0.487 e. The van der Waals surface area contributed by atoms with Crippen LogP contribution < -0.4 is 4.74 Å². The fourth-order valence-corrected chi connectivity index (χ4v) is 3.18. The molecule has 178 valence electrons. The Labute approximate surface area is 203 Å². The van der Waals surface area contributed by atoms with Crippen LogP contribution >= 0.6 is 0 Å². The third kappa shape index (κ3) is 6.32. The smallest absolute Gasteiger partial charge is 0.361 e. The van der Waals surface area contributed by atoms with E-state index in [0.717, 1.165) is 22.6 Å². The Balaban J connectivity index is 1.34. The molecule has 0 spiro atoms. The highest BCUT2D eigenvalue weighted by Crippen LogP contribution is 2.23. The number of esters is 1. The van der Waals surface area contributed by atoms with Crippen LogP contribution in [0.1, 0.15) is 29.5 Å². The van der Waals surface area contributed by atoms with Gasteiger partial charge in [-0.25, -0.2) is 9.78 Å². The van der Waals surface area contributed by atoms with E-state index in [9.17, 15) is 4.79 Å². The Morgan fingerprint density at radius 1 is 1.00 bits per heavy atom. The molecule has 2 heterocycles. The molecule has 0 amide bonds. The van der Waals surface area contributed by atoms with Crippen LogP contribution in [0.2, 0.25) is 0 Å². The van der Waals surface area contributed by atoms with E-state index in [1.165, 1.54) is 6.20 Å². The molecule has 0 saturated carbocycles. The minimum atomic E-state index is -0.567. The topological polar surface area (TPSA) is 96.0 Å². The third-order valence-corrected chi connectivity index (χ3v) is 5.00. The third-order valence-electron chi connectivity index (χ3n) is 5.00. The van der Waals surface area contributed by atoms with Gasteiger partial charge in [0.1, 0.15) is 30.4 Å². The number of hydrogen-bond acceptors (Lipinski definition) is 8. The van der Waals surface area contributed by atoms with Crippen LogP contribution in [-0.4, -0.2) is 28.3 Å². The molecular weight excluding hydrogens is 446 g/mol. The Morgan fingerprint density at radius 3 is 2.51 bits per heavy atom. The maximum atomic E-state index is 12.2. The molecule has 0 aliphatic carbocycles. The summed E-state index contributed by atoms with van der Waals surface area (Å²) in [4.78, 5) is 26.2. The number of ether oxygens (including phenoxy) is 2. The molecule has 2 aromatic heterocycles. The van der Waals surface area contributed by atoms with Gasteiger partial charge in [0.2, 0.25) is 5.89 Å². The molecule has 0 unspecified atom stereocenters. The fourth-order valence-electron chi connectivity index (χ4n) is 3.18. The van der Waals surface area contributed by atoms with Gasteiger partial charge in [-0.15, -0.1) is 0 Å². The first-order valence-electron chi connectivity index (χ1n) is 11.1. The average Bonchev–Trinajstić information content (AvgIpc) is 3.27. The summed E-state index contributed by atoms with van der Waals surface area (Å²) in [7, 11) is 0. The number of oxime groups is 1. The summed E-state index contributed by atoms with van der Waals surface area (Å²) in [6, 6.07) is 20.6. The Hall–Kier alpha value is -4.46. The monoisotopic (exact) mass is 471 g/mol. The summed E-state index contributed by atoms with van der Waals surface area (Å²) in [5, 5.41) is 4.00. The number of rotatable bonds is 10. The largest absolute Gasteiger partial charge is 0.487 e. The number of nitrogens with zero attached hydrogens (tertiary/aromatic N) is 3. The van der Waals surface area contributed by atoms with E-state index in [-0.39, 0.29) is 25.5 Å². The zero-order valence-corrected chi connectivity index (χ0v) is 19.5. The molecule has 8 nitrogen and oxygen atoms in total. The van der Waals surface area contributed by atoms with Crippen molar-refractivity contribution in [2.45, 2.75) is 27.1 Å². The number of hydrogen-bond donors (Lipinski definition) is 0. The van der Waals surface area contributed by atoms with Gasteiger partial charge in [0, 0.05) is 23.5 Å². The van der Waals surface area contributed by atoms with Crippen molar-refractivity contribution in [3.63, 3.8) is 0 Å². The second kappa shape index (κ2) is 11.6. The molecule has 4 rings (SSSR count). The lowest BCUT2D eigenvalue weighted by Gasteiger charge is -2.07. The maximum Gasteiger partial charge on any atom is 0.361 e. The van der Waals surface area contributed by atoms with E-state index >= 15 is 0 Å². The van der Waals surface area contributed by atoms with Crippen molar-refractivity contribution in [1.29, 1.82) is 0 Å². The standard InChI is InChI=1S/C27H25N3O5/c1-3-32-27(31)25(22-10-7-15-28-16-22)30-34-17-20-11-13-23(14-12-20)33-18-24-19(2)35-26(29-24)21-8-5-4-6-9-21/h4-16H,3,17-18H2,1-2H3. The van der Waals surface area contributed by atoms with Crippen molar-refractivity contribution in [1.82, 2.24) is 9.97 Å². The van der Waals surface area contributed by atoms with Gasteiger partial charge >= 0.3 is 5.97 Å². The Morgan fingerprint density at radius 2 is 1.80 bits per heavy atom. The molecule has 2 aromatic carbocycles. The number of carbonyl (C=O) groups is 1. The van der Waals surface area contributed by atoms with Gasteiger partial charge in [-0.3, -0.25) is 4.98 Å². The zero-order chi connectivity index (χ0) is 24.5. The van der Waals surface area contributed by atoms with E-state index in [1.807, 2.05) is 61.5 Å². The Bertz CT molecular complexity index is 1270. The van der Waals surface area contributed by atoms with E-state index < -0.39 is 5.97 Å². The summed E-state index contributed by atoms with van der Waals surface area (Å²) < 4.78 is 16.7. The van der Waals surface area contributed by atoms with E-state index in [0.29, 0.717) is 17.2 Å². The van der Waals surface area contributed by atoms with Crippen molar-refractivity contribution >= 4 is 11.7 Å². The van der Waals surface area contributed by atoms with Gasteiger partial charge in [0.15, 0.2) is 5.71 Å². The highest BCUT2D eigenvalue weighted by molar-refractivity contribution is 6.43. The number of pyridine rings is 1. The minimum absolute atomic E-state index is 0.0674. The highest BCUT2D eigenvalue weighted by Gasteiger charge is 2.17. The predicted octanol–water partition coefficient (Wildman–Crippen LogP) is 5.11. The van der Waals surface area contributed by atoms with Crippen molar-refractivity contribution in [2.24, 2.45) is 5.16 Å². The SMILES string of the molecule is CCOC(=O)C(=NOCc1ccc(OCc2nc(-c3ccccc3)oc2C)cc1)c1cccnc1. The molecule has 0 saturated heterocycles. The van der Waals surface area contributed by atoms with Gasteiger partial charge < -0.3 is 18.7 Å². The molecule has 0 fully saturated rings. The number of aryl methyl sites for hydroxylation is 1. The highest BCUT2D eigenvalue weighted by atomic mass is 16.6. The molecule has 0 bridgehead atoms. The summed E-state index contributed by atoms with van der Waals surface area (Å²) in [6.07, 6.45) is 3.15. The summed E-state index contributed by atoms with van der Waals surface area (Å²) >= 11 is 0. The maximum absolute atomic E-state index is 12.2.